The number of rotatable bonds is 9. The van der Waals surface area contributed by atoms with Crippen LogP contribution in [0.15, 0.2) is 95.9 Å². The van der Waals surface area contributed by atoms with E-state index < -0.39 is 5.25 Å². The molecule has 0 radical (unpaired) electrons. The number of methoxy groups -OCH3 is 2. The fraction of sp³-hybridized carbons (Fsp3) is 0.103. The van der Waals surface area contributed by atoms with Crippen LogP contribution in [0.25, 0.3) is 0 Å². The largest absolute Gasteiger partial charge is 0.493 e. The van der Waals surface area contributed by atoms with Crippen LogP contribution >= 0.6 is 35.0 Å². The van der Waals surface area contributed by atoms with Gasteiger partial charge in [0.25, 0.3) is 5.91 Å². The molecule has 0 spiro atoms. The number of hydrogen-bond donors (Lipinski definition) is 2. The highest BCUT2D eigenvalue weighted by atomic mass is 35.5. The molecule has 0 aliphatic heterocycles. The number of benzene rings is 4. The van der Waals surface area contributed by atoms with Gasteiger partial charge in [0.15, 0.2) is 11.5 Å². The zero-order chi connectivity index (χ0) is 27.1. The molecule has 4 aromatic rings. The minimum atomic E-state index is -0.557. The summed E-state index contributed by atoms with van der Waals surface area (Å²) in [5, 5.41) is 5.86. The molecule has 4 rings (SSSR count). The summed E-state index contributed by atoms with van der Waals surface area (Å²) >= 11 is 13.8. The van der Waals surface area contributed by atoms with E-state index in [4.69, 9.17) is 32.7 Å². The van der Waals surface area contributed by atoms with Crippen LogP contribution in [0.4, 0.5) is 11.4 Å². The highest BCUT2D eigenvalue weighted by Gasteiger charge is 2.23. The Morgan fingerprint density at radius 1 is 0.789 bits per heavy atom. The summed E-state index contributed by atoms with van der Waals surface area (Å²) in [6.45, 7) is 0. The SMILES string of the molecule is COc1ccc(C(=O)Nc2ccc(SC(C(=O)Nc3cccc(Cl)c3Cl)c3ccccc3)cc2)cc1OC. The Kier molecular flexibility index (Phi) is 9.18. The van der Waals surface area contributed by atoms with Crippen LogP contribution in [0, 0.1) is 0 Å². The minimum absolute atomic E-state index is 0.240. The first-order chi connectivity index (χ1) is 18.4. The smallest absolute Gasteiger partial charge is 0.255 e. The van der Waals surface area contributed by atoms with Crippen molar-refractivity contribution in [1.82, 2.24) is 0 Å². The third-order valence-corrected chi connectivity index (χ3v) is 7.65. The van der Waals surface area contributed by atoms with Crippen LogP contribution in [0.2, 0.25) is 10.0 Å². The molecule has 0 aliphatic carbocycles. The average Bonchev–Trinajstić information content (AvgIpc) is 2.95. The van der Waals surface area contributed by atoms with E-state index in [1.54, 1.807) is 48.5 Å². The topological polar surface area (TPSA) is 76.7 Å². The standard InChI is InChI=1S/C29H24Cl2N2O4S/c1-36-24-16-11-19(17-25(24)37-2)28(34)32-20-12-14-21(15-13-20)38-27(18-7-4-3-5-8-18)29(35)33-23-10-6-9-22(30)26(23)31/h3-17,27H,1-2H3,(H,32,34)(H,33,35). The number of carbonyl (C=O) groups is 2. The Bertz CT molecular complexity index is 1430. The summed E-state index contributed by atoms with van der Waals surface area (Å²) in [5.74, 6) is 0.485. The molecule has 1 unspecified atom stereocenters. The van der Waals surface area contributed by atoms with Crippen molar-refractivity contribution in [3.05, 3.63) is 112 Å². The molecule has 38 heavy (non-hydrogen) atoms. The van der Waals surface area contributed by atoms with Crippen LogP contribution in [-0.2, 0) is 4.79 Å². The third kappa shape index (κ3) is 6.61. The molecule has 0 aromatic heterocycles. The maximum atomic E-state index is 13.3. The summed E-state index contributed by atoms with van der Waals surface area (Å²) in [5.41, 5.74) is 2.32. The van der Waals surface area contributed by atoms with Crippen molar-refractivity contribution in [2.24, 2.45) is 0 Å². The van der Waals surface area contributed by atoms with Crippen LogP contribution < -0.4 is 20.1 Å². The van der Waals surface area contributed by atoms with Gasteiger partial charge in [0.2, 0.25) is 5.91 Å². The summed E-state index contributed by atoms with van der Waals surface area (Å²) in [6.07, 6.45) is 0. The molecule has 0 saturated heterocycles. The van der Waals surface area contributed by atoms with Gasteiger partial charge in [-0.1, -0.05) is 59.6 Å². The summed E-state index contributed by atoms with van der Waals surface area (Å²) < 4.78 is 10.5. The second-order valence-corrected chi connectivity index (χ2v) is 10.0. The number of ether oxygens (including phenoxy) is 2. The molecule has 6 nitrogen and oxygen atoms in total. The first-order valence-corrected chi connectivity index (χ1v) is 13.1. The minimum Gasteiger partial charge on any atom is -0.493 e. The van der Waals surface area contributed by atoms with Crippen molar-refractivity contribution in [2.45, 2.75) is 10.1 Å². The van der Waals surface area contributed by atoms with Crippen LogP contribution in [0.5, 0.6) is 11.5 Å². The van der Waals surface area contributed by atoms with Gasteiger partial charge in [0, 0.05) is 16.1 Å². The lowest BCUT2D eigenvalue weighted by Crippen LogP contribution is -2.19. The zero-order valence-corrected chi connectivity index (χ0v) is 22.9. The van der Waals surface area contributed by atoms with Crippen molar-refractivity contribution in [1.29, 1.82) is 0 Å². The van der Waals surface area contributed by atoms with Gasteiger partial charge >= 0.3 is 0 Å². The molecule has 194 valence electrons. The van der Waals surface area contributed by atoms with E-state index in [1.165, 1.54) is 26.0 Å². The summed E-state index contributed by atoms with van der Waals surface area (Å²) in [7, 11) is 3.05. The Morgan fingerprint density at radius 3 is 2.18 bits per heavy atom. The van der Waals surface area contributed by atoms with Gasteiger partial charge in [-0.3, -0.25) is 9.59 Å². The van der Waals surface area contributed by atoms with Gasteiger partial charge in [0.1, 0.15) is 5.25 Å². The normalized spacial score (nSPS) is 11.4. The number of thioether (sulfide) groups is 1. The fourth-order valence-corrected chi connectivity index (χ4v) is 5.01. The van der Waals surface area contributed by atoms with E-state index in [1.807, 2.05) is 42.5 Å². The molecule has 0 heterocycles. The molecule has 2 amide bonds. The van der Waals surface area contributed by atoms with Crippen molar-refractivity contribution in [2.75, 3.05) is 24.9 Å². The molecule has 4 aromatic carbocycles. The third-order valence-electron chi connectivity index (χ3n) is 5.56. The van der Waals surface area contributed by atoms with Crippen molar-refractivity contribution in [3.63, 3.8) is 0 Å². The first kappa shape index (κ1) is 27.4. The maximum Gasteiger partial charge on any atom is 0.255 e. The fourth-order valence-electron chi connectivity index (χ4n) is 3.63. The number of amides is 2. The number of anilines is 2. The predicted molar refractivity (Wildman–Crippen MR) is 154 cm³/mol. The molecule has 0 saturated carbocycles. The van der Waals surface area contributed by atoms with Crippen LogP contribution in [-0.4, -0.2) is 26.0 Å². The highest BCUT2D eigenvalue weighted by Crippen LogP contribution is 2.38. The average molecular weight is 567 g/mol. The Labute approximate surface area is 235 Å². The summed E-state index contributed by atoms with van der Waals surface area (Å²) in [6, 6.07) is 26.8. The van der Waals surface area contributed by atoms with Crippen LogP contribution in [0.3, 0.4) is 0 Å². The van der Waals surface area contributed by atoms with Crippen molar-refractivity contribution < 1.29 is 19.1 Å². The predicted octanol–water partition coefficient (Wildman–Crippen LogP) is 7.74. The van der Waals surface area contributed by atoms with Gasteiger partial charge < -0.3 is 20.1 Å². The Balaban J connectivity index is 1.49. The van der Waals surface area contributed by atoms with E-state index >= 15 is 0 Å². The molecule has 2 N–H and O–H groups in total. The van der Waals surface area contributed by atoms with Gasteiger partial charge in [-0.05, 0) is 60.2 Å². The second-order valence-electron chi connectivity index (χ2n) is 8.05. The lowest BCUT2D eigenvalue weighted by atomic mass is 10.1. The maximum absolute atomic E-state index is 13.3. The van der Waals surface area contributed by atoms with E-state index in [9.17, 15) is 9.59 Å². The second kappa shape index (κ2) is 12.7. The van der Waals surface area contributed by atoms with Crippen LogP contribution in [0.1, 0.15) is 21.2 Å². The van der Waals surface area contributed by atoms with Crippen molar-refractivity contribution in [3.8, 4) is 11.5 Å². The first-order valence-electron chi connectivity index (χ1n) is 11.5. The summed E-state index contributed by atoms with van der Waals surface area (Å²) in [4.78, 5) is 26.9. The number of carbonyl (C=O) groups excluding carboxylic acids is 2. The highest BCUT2D eigenvalue weighted by molar-refractivity contribution is 8.00. The number of halogens is 2. The van der Waals surface area contributed by atoms with E-state index in [0.29, 0.717) is 33.5 Å². The van der Waals surface area contributed by atoms with Gasteiger partial charge in [-0.25, -0.2) is 0 Å². The molecule has 0 bridgehead atoms. The van der Waals surface area contributed by atoms with Crippen molar-refractivity contribution >= 4 is 58.2 Å². The molecule has 9 heteroatoms. The molecule has 0 fully saturated rings. The molecular formula is C29H24Cl2N2O4S. The zero-order valence-electron chi connectivity index (χ0n) is 20.5. The Morgan fingerprint density at radius 2 is 1.50 bits per heavy atom. The van der Waals surface area contributed by atoms with E-state index in [2.05, 4.69) is 10.6 Å². The number of hydrogen-bond acceptors (Lipinski definition) is 5. The molecular weight excluding hydrogens is 543 g/mol. The van der Waals surface area contributed by atoms with Gasteiger partial charge in [-0.15, -0.1) is 11.8 Å². The lowest BCUT2D eigenvalue weighted by Gasteiger charge is -2.18. The quantitative estimate of drug-likeness (QED) is 0.203. The van der Waals surface area contributed by atoms with Gasteiger partial charge in [-0.2, -0.15) is 0 Å². The molecule has 1 atom stereocenters. The van der Waals surface area contributed by atoms with Gasteiger partial charge in [0.05, 0.1) is 30.0 Å². The lowest BCUT2D eigenvalue weighted by molar-refractivity contribution is -0.115. The Hall–Kier alpha value is -3.65. The molecule has 0 aliphatic rings. The number of nitrogens with one attached hydrogen (secondary N) is 2. The van der Waals surface area contributed by atoms with E-state index in [-0.39, 0.29) is 16.8 Å². The monoisotopic (exact) mass is 566 g/mol. The van der Waals surface area contributed by atoms with E-state index in [0.717, 1.165) is 10.5 Å².